The molecule has 3 N–H and O–H groups in total. The van der Waals surface area contributed by atoms with Crippen LogP contribution in [-0.2, 0) is 0 Å². The average molecular weight is 284 g/mol. The topological polar surface area (TPSA) is 86.9 Å². The molecule has 0 spiro atoms. The van der Waals surface area contributed by atoms with E-state index < -0.39 is 12.0 Å². The Morgan fingerprint density at radius 2 is 1.84 bits per heavy atom. The van der Waals surface area contributed by atoms with Crippen LogP contribution in [0.4, 0.5) is 10.5 Å². The van der Waals surface area contributed by atoms with Gasteiger partial charge in [0.1, 0.15) is 0 Å². The molecule has 0 aromatic heterocycles. The van der Waals surface area contributed by atoms with E-state index in [2.05, 4.69) is 0 Å². The van der Waals surface area contributed by atoms with Gasteiger partial charge >= 0.3 is 6.09 Å². The van der Waals surface area contributed by atoms with Crippen LogP contribution in [0.3, 0.4) is 0 Å². The number of nitrogens with two attached hydrogens (primary N) is 1. The quantitative estimate of drug-likeness (QED) is 0.855. The van der Waals surface area contributed by atoms with E-state index in [0.717, 1.165) is 5.69 Å². The third-order valence-electron chi connectivity index (χ3n) is 3.13. The van der Waals surface area contributed by atoms with Crippen molar-refractivity contribution in [2.45, 2.75) is 0 Å². The molecule has 2 amide bonds. The monoisotopic (exact) mass is 283 g/mol. The number of benzene rings is 1. The summed E-state index contributed by atoms with van der Waals surface area (Å²) in [5.41, 5.74) is 6.35. The molecule has 7 heteroatoms. The molecule has 1 aromatic carbocycles. The fraction of sp³-hybridized carbons (Fsp3) is 0.333. The number of hydrogen-bond donors (Lipinski definition) is 2. The summed E-state index contributed by atoms with van der Waals surface area (Å²) in [6.07, 6.45) is -0.909. The summed E-state index contributed by atoms with van der Waals surface area (Å²) in [6, 6.07) is 5.06. The van der Waals surface area contributed by atoms with E-state index in [4.69, 9.17) is 22.4 Å². The normalized spacial score (nSPS) is 15.4. The van der Waals surface area contributed by atoms with Gasteiger partial charge in [0.25, 0.3) is 0 Å². The molecule has 6 nitrogen and oxygen atoms in total. The fourth-order valence-corrected chi connectivity index (χ4v) is 2.27. The number of piperazine rings is 1. The van der Waals surface area contributed by atoms with Gasteiger partial charge in [0, 0.05) is 31.9 Å². The second kappa shape index (κ2) is 5.36. The first-order chi connectivity index (χ1) is 8.99. The summed E-state index contributed by atoms with van der Waals surface area (Å²) >= 11 is 5.89. The van der Waals surface area contributed by atoms with Gasteiger partial charge in [-0.25, -0.2) is 4.79 Å². The predicted molar refractivity (Wildman–Crippen MR) is 71.8 cm³/mol. The van der Waals surface area contributed by atoms with Crippen LogP contribution in [0.5, 0.6) is 0 Å². The highest BCUT2D eigenvalue weighted by Crippen LogP contribution is 2.24. The first kappa shape index (κ1) is 13.5. The third-order valence-corrected chi connectivity index (χ3v) is 3.46. The van der Waals surface area contributed by atoms with Crippen molar-refractivity contribution in [2.75, 3.05) is 31.1 Å². The maximum absolute atomic E-state index is 11.2. The lowest BCUT2D eigenvalue weighted by Crippen LogP contribution is -2.48. The van der Waals surface area contributed by atoms with E-state index in [1.165, 1.54) is 4.90 Å². The van der Waals surface area contributed by atoms with Crippen molar-refractivity contribution < 1.29 is 14.7 Å². The Labute approximate surface area is 115 Å². The number of carbonyl (C=O) groups excluding carboxylic acids is 1. The molecule has 1 aromatic rings. The van der Waals surface area contributed by atoms with Crippen molar-refractivity contribution in [1.82, 2.24) is 4.90 Å². The minimum absolute atomic E-state index is 0.278. The van der Waals surface area contributed by atoms with E-state index in [1.807, 2.05) is 4.90 Å². The second-order valence-electron chi connectivity index (χ2n) is 4.29. The Balaban J connectivity index is 2.14. The van der Waals surface area contributed by atoms with Crippen LogP contribution in [0, 0.1) is 0 Å². The van der Waals surface area contributed by atoms with E-state index in [-0.39, 0.29) is 5.56 Å². The van der Waals surface area contributed by atoms with E-state index in [9.17, 15) is 9.59 Å². The van der Waals surface area contributed by atoms with Crippen LogP contribution in [0.1, 0.15) is 10.4 Å². The van der Waals surface area contributed by atoms with E-state index in [1.54, 1.807) is 18.2 Å². The Hall–Kier alpha value is -1.95. The predicted octanol–water partition coefficient (Wildman–Crippen LogP) is 1.24. The summed E-state index contributed by atoms with van der Waals surface area (Å²) in [7, 11) is 0. The Morgan fingerprint density at radius 1 is 1.21 bits per heavy atom. The van der Waals surface area contributed by atoms with Gasteiger partial charge in [-0.1, -0.05) is 11.6 Å². The summed E-state index contributed by atoms with van der Waals surface area (Å²) in [4.78, 5) is 25.4. The molecular formula is C12H14ClN3O3. The summed E-state index contributed by atoms with van der Waals surface area (Å²) < 4.78 is 0. The molecule has 1 saturated heterocycles. The molecule has 0 atom stereocenters. The zero-order chi connectivity index (χ0) is 14.0. The molecule has 0 radical (unpaired) electrons. The molecular weight excluding hydrogens is 270 g/mol. The van der Waals surface area contributed by atoms with Gasteiger partial charge < -0.3 is 20.6 Å². The zero-order valence-corrected chi connectivity index (χ0v) is 10.9. The number of carbonyl (C=O) groups is 2. The van der Waals surface area contributed by atoms with Crippen LogP contribution in [0.25, 0.3) is 0 Å². The summed E-state index contributed by atoms with van der Waals surface area (Å²) in [5.74, 6) is -0.573. The lowest BCUT2D eigenvalue weighted by atomic mass is 10.1. The minimum Gasteiger partial charge on any atom is -0.465 e. The lowest BCUT2D eigenvalue weighted by Gasteiger charge is -2.34. The number of carboxylic acid groups (broad SMARTS) is 1. The van der Waals surface area contributed by atoms with E-state index >= 15 is 0 Å². The van der Waals surface area contributed by atoms with Crippen LogP contribution < -0.4 is 10.6 Å². The molecule has 0 bridgehead atoms. The molecule has 19 heavy (non-hydrogen) atoms. The number of anilines is 1. The van der Waals surface area contributed by atoms with Crippen molar-refractivity contribution in [3.05, 3.63) is 28.8 Å². The lowest BCUT2D eigenvalue weighted by molar-refractivity contribution is 0.100. The van der Waals surface area contributed by atoms with E-state index in [0.29, 0.717) is 31.2 Å². The maximum atomic E-state index is 11.2. The molecule has 1 fully saturated rings. The van der Waals surface area contributed by atoms with Gasteiger partial charge in [-0.3, -0.25) is 4.79 Å². The molecule has 2 rings (SSSR count). The smallest absolute Gasteiger partial charge is 0.407 e. The van der Waals surface area contributed by atoms with Crippen LogP contribution >= 0.6 is 11.6 Å². The Bertz CT molecular complexity index is 513. The van der Waals surface area contributed by atoms with Gasteiger partial charge in [-0.15, -0.1) is 0 Å². The number of amides is 2. The fourth-order valence-electron chi connectivity index (χ4n) is 2.05. The number of hydrogen-bond acceptors (Lipinski definition) is 3. The molecule has 0 unspecified atom stereocenters. The van der Waals surface area contributed by atoms with Crippen molar-refractivity contribution >= 4 is 29.3 Å². The number of halogens is 1. The van der Waals surface area contributed by atoms with Crippen molar-refractivity contribution in [2.24, 2.45) is 5.73 Å². The van der Waals surface area contributed by atoms with Crippen LogP contribution in [0.2, 0.25) is 5.02 Å². The van der Waals surface area contributed by atoms with Gasteiger partial charge in [-0.2, -0.15) is 0 Å². The molecule has 0 aliphatic carbocycles. The second-order valence-corrected chi connectivity index (χ2v) is 4.69. The molecule has 1 aliphatic heterocycles. The minimum atomic E-state index is -0.909. The Kier molecular flexibility index (Phi) is 3.80. The number of nitrogens with zero attached hydrogens (tertiary/aromatic N) is 2. The molecule has 1 heterocycles. The number of rotatable bonds is 2. The Morgan fingerprint density at radius 3 is 2.37 bits per heavy atom. The molecule has 102 valence electrons. The van der Waals surface area contributed by atoms with Gasteiger partial charge in [-0.05, 0) is 18.2 Å². The van der Waals surface area contributed by atoms with Gasteiger partial charge in [0.2, 0.25) is 5.91 Å². The molecule has 0 saturated carbocycles. The highest BCUT2D eigenvalue weighted by Gasteiger charge is 2.21. The standard InChI is InChI=1S/C12H14ClN3O3/c13-10-2-1-8(7-9(10)11(14)17)15-3-5-16(6-4-15)12(18)19/h1-2,7H,3-6H2,(H2,14,17)(H,18,19). The van der Waals surface area contributed by atoms with Gasteiger partial charge in [0.05, 0.1) is 10.6 Å². The highest BCUT2D eigenvalue weighted by molar-refractivity contribution is 6.33. The van der Waals surface area contributed by atoms with Gasteiger partial charge in [0.15, 0.2) is 0 Å². The van der Waals surface area contributed by atoms with Crippen LogP contribution in [-0.4, -0.2) is 48.2 Å². The van der Waals surface area contributed by atoms with Crippen molar-refractivity contribution in [3.8, 4) is 0 Å². The van der Waals surface area contributed by atoms with Crippen molar-refractivity contribution in [1.29, 1.82) is 0 Å². The number of primary amides is 1. The zero-order valence-electron chi connectivity index (χ0n) is 10.2. The first-order valence-corrected chi connectivity index (χ1v) is 6.19. The van der Waals surface area contributed by atoms with Crippen LogP contribution in [0.15, 0.2) is 18.2 Å². The van der Waals surface area contributed by atoms with Crippen molar-refractivity contribution in [3.63, 3.8) is 0 Å². The average Bonchev–Trinajstić information content (AvgIpc) is 2.39. The largest absolute Gasteiger partial charge is 0.465 e. The first-order valence-electron chi connectivity index (χ1n) is 5.81. The third kappa shape index (κ3) is 2.90. The maximum Gasteiger partial charge on any atom is 0.407 e. The summed E-state index contributed by atoms with van der Waals surface area (Å²) in [5, 5.41) is 9.20. The SMILES string of the molecule is NC(=O)c1cc(N2CCN(C(=O)O)CC2)ccc1Cl. The highest BCUT2D eigenvalue weighted by atomic mass is 35.5. The molecule has 1 aliphatic rings. The summed E-state index contributed by atoms with van der Waals surface area (Å²) in [6.45, 7) is 2.02.